The van der Waals surface area contributed by atoms with Crippen LogP contribution in [0.5, 0.6) is 0 Å². The van der Waals surface area contributed by atoms with Crippen LogP contribution >= 0.6 is 0 Å². The highest BCUT2D eigenvalue weighted by atomic mass is 16.6. The lowest BCUT2D eigenvalue weighted by atomic mass is 9.85. The average molecular weight is 577 g/mol. The molecule has 1 aromatic rings. The average Bonchev–Trinajstić information content (AvgIpc) is 2.97. The summed E-state index contributed by atoms with van der Waals surface area (Å²) in [7, 11) is 1.35. The molecule has 2 amide bonds. The van der Waals surface area contributed by atoms with Gasteiger partial charge in [-0.1, -0.05) is 103 Å². The molecule has 0 bridgehead atoms. The number of pyridine rings is 1. The van der Waals surface area contributed by atoms with Crippen LogP contribution in [0.4, 0.5) is 9.59 Å². The van der Waals surface area contributed by atoms with E-state index in [0.717, 1.165) is 37.1 Å². The number of methoxy groups -OCH3 is 1. The summed E-state index contributed by atoms with van der Waals surface area (Å²) in [4.78, 5) is 24.1. The van der Waals surface area contributed by atoms with E-state index < -0.39 is 17.8 Å². The van der Waals surface area contributed by atoms with Crippen LogP contribution in [0, 0.1) is 0 Å². The van der Waals surface area contributed by atoms with Crippen LogP contribution in [-0.2, 0) is 32.9 Å². The molecule has 0 radical (unpaired) electrons. The first kappa shape index (κ1) is 34.8. The second-order valence-electron chi connectivity index (χ2n) is 11.4. The number of aryl methyl sites for hydroxylation is 1. The van der Waals surface area contributed by atoms with Gasteiger partial charge in [-0.25, -0.2) is 14.2 Å². The summed E-state index contributed by atoms with van der Waals surface area (Å²) in [5.41, 5.74) is 1.14. The molecule has 0 aromatic carbocycles. The molecule has 2 N–H and O–H groups in total. The second kappa shape index (κ2) is 21.4. The van der Waals surface area contributed by atoms with Crippen LogP contribution in [0.1, 0.15) is 134 Å². The molecule has 1 atom stereocenters. The number of carbonyl (C=O) groups is 2. The predicted octanol–water partition coefficient (Wildman–Crippen LogP) is 7.45. The molecule has 41 heavy (non-hydrogen) atoms. The van der Waals surface area contributed by atoms with E-state index in [2.05, 4.69) is 22.1 Å². The van der Waals surface area contributed by atoms with Gasteiger partial charge >= 0.3 is 12.2 Å². The number of aromatic nitrogens is 1. The predicted molar refractivity (Wildman–Crippen MR) is 163 cm³/mol. The molecule has 0 spiro atoms. The van der Waals surface area contributed by atoms with E-state index in [4.69, 9.17) is 14.2 Å². The van der Waals surface area contributed by atoms with Crippen molar-refractivity contribution in [2.24, 2.45) is 0 Å². The van der Waals surface area contributed by atoms with Crippen molar-refractivity contribution in [2.45, 2.75) is 142 Å². The van der Waals surface area contributed by atoms with Gasteiger partial charge < -0.3 is 24.8 Å². The van der Waals surface area contributed by atoms with Crippen LogP contribution in [0.2, 0.25) is 0 Å². The number of carbonyl (C=O) groups excluding carboxylic acids is 2. The molecule has 1 unspecified atom stereocenters. The first-order valence-corrected chi connectivity index (χ1v) is 16.4. The number of unbranched alkanes of at least 4 members (excludes halogenated alkanes) is 15. The third-order valence-corrected chi connectivity index (χ3v) is 8.22. The maximum Gasteiger partial charge on any atom is 0.407 e. The van der Waals surface area contributed by atoms with E-state index >= 15 is 0 Å². The molecular formula is C33H58N3O5+. The molecular weight excluding hydrogens is 518 g/mol. The highest BCUT2D eigenvalue weighted by Gasteiger charge is 2.45. The van der Waals surface area contributed by atoms with Gasteiger partial charge in [0.2, 0.25) is 5.69 Å². The van der Waals surface area contributed by atoms with Gasteiger partial charge in [0.15, 0.2) is 6.20 Å². The molecule has 234 valence electrons. The first-order chi connectivity index (χ1) is 20.1. The van der Waals surface area contributed by atoms with Crippen molar-refractivity contribution >= 4 is 12.2 Å². The number of hydrogen-bond acceptors (Lipinski definition) is 5. The fourth-order valence-corrected chi connectivity index (χ4v) is 5.57. The quantitative estimate of drug-likeness (QED) is 0.104. The molecule has 8 nitrogen and oxygen atoms in total. The van der Waals surface area contributed by atoms with E-state index in [0.29, 0.717) is 19.7 Å². The van der Waals surface area contributed by atoms with Crippen molar-refractivity contribution in [2.75, 3.05) is 26.9 Å². The number of alkyl carbamates (subject to hydrolysis) is 2. The fraction of sp³-hybridized carbons (Fsp3) is 0.788. The monoisotopic (exact) mass is 576 g/mol. The van der Waals surface area contributed by atoms with E-state index in [1.54, 1.807) is 0 Å². The van der Waals surface area contributed by atoms with Gasteiger partial charge in [-0.05, 0) is 19.4 Å². The number of rotatable bonds is 23. The summed E-state index contributed by atoms with van der Waals surface area (Å²) in [5.74, 6) is 0. The molecule has 1 saturated heterocycles. The van der Waals surface area contributed by atoms with Crippen LogP contribution in [0.25, 0.3) is 0 Å². The summed E-state index contributed by atoms with van der Waals surface area (Å²) in [6.45, 7) is 6.73. The molecule has 0 saturated carbocycles. The largest absolute Gasteiger partial charge is 0.453 e. The highest BCUT2D eigenvalue weighted by molar-refractivity contribution is 5.67. The summed E-state index contributed by atoms with van der Waals surface area (Å²) in [6.07, 6.45) is 23.1. The molecule has 1 aliphatic heterocycles. The summed E-state index contributed by atoms with van der Waals surface area (Å²) < 4.78 is 18.4. The summed E-state index contributed by atoms with van der Waals surface area (Å²) in [6, 6.07) is 3.94. The molecule has 1 fully saturated rings. The smallest absolute Gasteiger partial charge is 0.407 e. The highest BCUT2D eigenvalue weighted by Crippen LogP contribution is 2.38. The Bertz CT molecular complexity index is 859. The Balaban J connectivity index is 1.56. The Labute approximate surface area is 249 Å². The Kier molecular flexibility index (Phi) is 18.2. The molecule has 2 heterocycles. The standard InChI is InChI=1S/C33H57N3O5/c1-4-6-7-8-9-10-11-12-13-14-15-16-17-18-19-20-24-34-32(38)40-28-33(23-26-41-33)29-22-21-25-36(5-2)30(29)27-35-31(37)39-3/h21-22,25H,4-20,23-24,26-28H2,1-3H3,(H-,34,35,37,38)/p+1. The molecule has 2 rings (SSSR count). The zero-order valence-corrected chi connectivity index (χ0v) is 26.3. The van der Waals surface area contributed by atoms with Gasteiger partial charge in [0.25, 0.3) is 0 Å². The first-order valence-electron chi connectivity index (χ1n) is 16.4. The minimum absolute atomic E-state index is 0.136. The van der Waals surface area contributed by atoms with Crippen molar-refractivity contribution in [3.05, 3.63) is 29.6 Å². The third kappa shape index (κ3) is 13.4. The van der Waals surface area contributed by atoms with Crippen molar-refractivity contribution in [3.8, 4) is 0 Å². The van der Waals surface area contributed by atoms with E-state index in [1.165, 1.54) is 97.0 Å². The molecule has 1 aliphatic rings. The topological polar surface area (TPSA) is 89.8 Å². The Morgan fingerprint density at radius 3 is 1.90 bits per heavy atom. The van der Waals surface area contributed by atoms with Gasteiger partial charge in [-0.2, -0.15) is 0 Å². The lowest BCUT2D eigenvalue weighted by Crippen LogP contribution is -2.51. The Morgan fingerprint density at radius 1 is 0.854 bits per heavy atom. The van der Waals surface area contributed by atoms with Crippen molar-refractivity contribution in [1.29, 1.82) is 0 Å². The lowest BCUT2D eigenvalue weighted by Gasteiger charge is -2.41. The van der Waals surface area contributed by atoms with Gasteiger partial charge in [0.05, 0.1) is 19.3 Å². The summed E-state index contributed by atoms with van der Waals surface area (Å²) in [5, 5.41) is 5.66. The van der Waals surface area contributed by atoms with Gasteiger partial charge in [-0.3, -0.25) is 0 Å². The number of amides is 2. The number of ether oxygens (including phenoxy) is 3. The number of nitrogens with zero attached hydrogens (tertiary/aromatic N) is 1. The van der Waals surface area contributed by atoms with Crippen LogP contribution < -0.4 is 15.2 Å². The molecule has 1 aromatic heterocycles. The normalized spacial score (nSPS) is 16.2. The van der Waals surface area contributed by atoms with Gasteiger partial charge in [-0.15, -0.1) is 0 Å². The van der Waals surface area contributed by atoms with Crippen LogP contribution in [0.3, 0.4) is 0 Å². The SMILES string of the molecule is CCCCCCCCCCCCCCCCCCNC(=O)OCC1(c2ccc[n+](CC)c2CNC(=O)OC)CCO1. The second-order valence-corrected chi connectivity index (χ2v) is 11.4. The van der Waals surface area contributed by atoms with Crippen LogP contribution in [0.15, 0.2) is 18.3 Å². The van der Waals surface area contributed by atoms with E-state index in [-0.39, 0.29) is 6.61 Å². The lowest BCUT2D eigenvalue weighted by molar-refractivity contribution is -0.701. The third-order valence-electron chi connectivity index (χ3n) is 8.22. The van der Waals surface area contributed by atoms with Crippen molar-refractivity contribution < 1.29 is 28.4 Å². The maximum atomic E-state index is 12.4. The summed E-state index contributed by atoms with van der Waals surface area (Å²) >= 11 is 0. The fourth-order valence-electron chi connectivity index (χ4n) is 5.57. The zero-order chi connectivity index (χ0) is 29.6. The molecule has 0 aliphatic carbocycles. The molecule has 8 heteroatoms. The zero-order valence-electron chi connectivity index (χ0n) is 26.3. The van der Waals surface area contributed by atoms with Gasteiger partial charge in [0.1, 0.15) is 25.3 Å². The Hall–Kier alpha value is -2.35. The van der Waals surface area contributed by atoms with Gasteiger partial charge in [0, 0.05) is 19.0 Å². The minimum atomic E-state index is -0.698. The van der Waals surface area contributed by atoms with Crippen molar-refractivity contribution in [1.82, 2.24) is 10.6 Å². The van der Waals surface area contributed by atoms with Crippen molar-refractivity contribution in [3.63, 3.8) is 0 Å². The van der Waals surface area contributed by atoms with E-state index in [9.17, 15) is 9.59 Å². The van der Waals surface area contributed by atoms with Crippen LogP contribution in [-0.4, -0.2) is 39.1 Å². The Morgan fingerprint density at radius 2 is 1.41 bits per heavy atom. The number of nitrogens with one attached hydrogen (secondary N) is 2. The van der Waals surface area contributed by atoms with E-state index in [1.807, 2.05) is 25.3 Å². The number of hydrogen-bond donors (Lipinski definition) is 2. The minimum Gasteiger partial charge on any atom is -0.453 e. The maximum absolute atomic E-state index is 12.4.